The van der Waals surface area contributed by atoms with Crippen LogP contribution < -0.4 is 5.32 Å². The fourth-order valence-corrected chi connectivity index (χ4v) is 6.22. The van der Waals surface area contributed by atoms with E-state index in [0.717, 1.165) is 25.7 Å². The molecule has 0 spiro atoms. The second-order valence-electron chi connectivity index (χ2n) is 13.9. The number of hydrogen-bond donors (Lipinski definition) is 4. The van der Waals surface area contributed by atoms with E-state index in [-0.39, 0.29) is 18.9 Å². The number of carbonyl (C=O) groups excluding carboxylic acids is 1. The number of hydrogen-bond acceptors (Lipinski definition) is 4. The summed E-state index contributed by atoms with van der Waals surface area (Å²) in [4.78, 5) is 12.4. The van der Waals surface area contributed by atoms with Crippen LogP contribution in [0.25, 0.3) is 0 Å². The molecule has 45 heavy (non-hydrogen) atoms. The predicted octanol–water partition coefficient (Wildman–Crippen LogP) is 10.9. The van der Waals surface area contributed by atoms with Crippen molar-refractivity contribution in [2.75, 3.05) is 6.61 Å². The quantitative estimate of drug-likeness (QED) is 0.0406. The van der Waals surface area contributed by atoms with Gasteiger partial charge in [-0.05, 0) is 19.3 Å². The highest BCUT2D eigenvalue weighted by Crippen LogP contribution is 2.16. The minimum Gasteiger partial charge on any atom is -0.394 e. The smallest absolute Gasteiger partial charge is 0.222 e. The molecule has 0 radical (unpaired) electrons. The number of amides is 1. The number of rotatable bonds is 36. The van der Waals surface area contributed by atoms with Gasteiger partial charge in [-0.1, -0.05) is 199 Å². The molecule has 0 rings (SSSR count). The van der Waals surface area contributed by atoms with Crippen LogP contribution in [0, 0.1) is 0 Å². The Kier molecular flexibility index (Phi) is 35.2. The van der Waals surface area contributed by atoms with Crippen LogP contribution in [0.3, 0.4) is 0 Å². The molecule has 0 aliphatic heterocycles. The minimum absolute atomic E-state index is 0.0184. The van der Waals surface area contributed by atoms with E-state index in [9.17, 15) is 20.1 Å². The second-order valence-corrected chi connectivity index (χ2v) is 13.9. The summed E-state index contributed by atoms with van der Waals surface area (Å²) < 4.78 is 0. The Hall–Kier alpha value is -0.910. The zero-order valence-corrected chi connectivity index (χ0v) is 30.3. The van der Waals surface area contributed by atoms with E-state index in [2.05, 4.69) is 19.2 Å². The van der Waals surface area contributed by atoms with Crippen molar-refractivity contribution >= 4 is 5.91 Å². The summed E-state index contributed by atoms with van der Waals surface area (Å²) in [6.45, 7) is 4.21. The van der Waals surface area contributed by atoms with Gasteiger partial charge < -0.3 is 20.6 Å². The molecule has 5 nitrogen and oxygen atoms in total. The van der Waals surface area contributed by atoms with E-state index in [1.165, 1.54) is 161 Å². The number of nitrogens with one attached hydrogen (secondary N) is 1. The maximum Gasteiger partial charge on any atom is 0.222 e. The van der Waals surface area contributed by atoms with Crippen molar-refractivity contribution in [3.63, 3.8) is 0 Å². The molecule has 0 saturated carbocycles. The minimum atomic E-state index is -0.922. The maximum absolute atomic E-state index is 12.4. The van der Waals surface area contributed by atoms with Gasteiger partial charge in [-0.15, -0.1) is 0 Å². The lowest BCUT2D eigenvalue weighted by Crippen LogP contribution is -2.45. The Bertz CT molecular complexity index is 625. The number of unbranched alkanes of at least 4 members (excludes halogenated alkanes) is 27. The third kappa shape index (κ3) is 32.8. The molecule has 0 aromatic carbocycles. The molecular weight excluding hydrogens is 558 g/mol. The summed E-state index contributed by atoms with van der Waals surface area (Å²) in [5, 5.41) is 33.1. The van der Waals surface area contributed by atoms with Gasteiger partial charge in [-0.2, -0.15) is 0 Å². The summed E-state index contributed by atoms with van der Waals surface area (Å²) >= 11 is 0. The lowest BCUT2D eigenvalue weighted by atomic mass is 10.0. The highest BCUT2D eigenvalue weighted by atomic mass is 16.3. The van der Waals surface area contributed by atoms with Crippen molar-refractivity contribution in [1.29, 1.82) is 0 Å². The molecular formula is C40H79NO4. The predicted molar refractivity (Wildman–Crippen MR) is 195 cm³/mol. The van der Waals surface area contributed by atoms with Crippen LogP contribution in [-0.2, 0) is 4.79 Å². The Morgan fingerprint density at radius 3 is 1.29 bits per heavy atom. The fourth-order valence-electron chi connectivity index (χ4n) is 6.22. The third-order valence-electron chi connectivity index (χ3n) is 9.32. The monoisotopic (exact) mass is 638 g/mol. The van der Waals surface area contributed by atoms with Crippen LogP contribution in [0.15, 0.2) is 12.2 Å². The molecule has 0 aromatic rings. The number of carbonyl (C=O) groups is 1. The molecule has 0 aliphatic carbocycles. The Morgan fingerprint density at radius 1 is 0.556 bits per heavy atom. The van der Waals surface area contributed by atoms with E-state index in [1.807, 2.05) is 6.08 Å². The first-order valence-corrected chi connectivity index (χ1v) is 20.0. The molecule has 0 fully saturated rings. The maximum atomic E-state index is 12.4. The molecule has 0 unspecified atom stereocenters. The van der Waals surface area contributed by atoms with Gasteiger partial charge in [0.2, 0.25) is 5.91 Å². The SMILES string of the molecule is CCCCCCCCCCCCC/C=C/[C@@H](O)[C@H](CO)NC(=O)C[C@H](O)CCCCCCCCCCCCCCCCCCC. The second kappa shape index (κ2) is 35.9. The molecule has 0 aliphatic rings. The van der Waals surface area contributed by atoms with Crippen LogP contribution in [0.4, 0.5) is 0 Å². The molecule has 0 aromatic heterocycles. The Labute approximate surface area is 280 Å². The average Bonchev–Trinajstić information content (AvgIpc) is 3.03. The number of aliphatic hydroxyl groups is 3. The summed E-state index contributed by atoms with van der Waals surface area (Å²) in [7, 11) is 0. The summed E-state index contributed by atoms with van der Waals surface area (Å²) in [5.41, 5.74) is 0. The Balaban J connectivity index is 3.67. The van der Waals surface area contributed by atoms with Gasteiger partial charge in [0.05, 0.1) is 31.3 Å². The molecule has 268 valence electrons. The van der Waals surface area contributed by atoms with Gasteiger partial charge >= 0.3 is 0 Å². The van der Waals surface area contributed by atoms with Gasteiger partial charge in [0.1, 0.15) is 0 Å². The van der Waals surface area contributed by atoms with Gasteiger partial charge in [-0.3, -0.25) is 4.79 Å². The van der Waals surface area contributed by atoms with Crippen molar-refractivity contribution in [2.24, 2.45) is 0 Å². The first kappa shape index (κ1) is 44.1. The fraction of sp³-hybridized carbons (Fsp3) is 0.925. The van der Waals surface area contributed by atoms with Crippen molar-refractivity contribution in [3.05, 3.63) is 12.2 Å². The molecule has 3 atom stereocenters. The molecule has 4 N–H and O–H groups in total. The number of allylic oxidation sites excluding steroid dienone is 1. The van der Waals surface area contributed by atoms with Crippen molar-refractivity contribution < 1.29 is 20.1 Å². The highest BCUT2D eigenvalue weighted by molar-refractivity contribution is 5.76. The zero-order valence-electron chi connectivity index (χ0n) is 30.3. The van der Waals surface area contributed by atoms with Gasteiger partial charge in [-0.25, -0.2) is 0 Å². The van der Waals surface area contributed by atoms with Gasteiger partial charge in [0.15, 0.2) is 0 Å². The van der Waals surface area contributed by atoms with E-state index < -0.39 is 18.2 Å². The lowest BCUT2D eigenvalue weighted by molar-refractivity contribution is -0.124. The molecule has 0 heterocycles. The van der Waals surface area contributed by atoms with Crippen molar-refractivity contribution in [1.82, 2.24) is 5.32 Å². The van der Waals surface area contributed by atoms with Crippen LogP contribution in [0.5, 0.6) is 0 Å². The molecule has 0 bridgehead atoms. The van der Waals surface area contributed by atoms with Crippen LogP contribution in [0.1, 0.15) is 213 Å². The zero-order chi connectivity index (χ0) is 33.1. The van der Waals surface area contributed by atoms with Crippen molar-refractivity contribution in [2.45, 2.75) is 231 Å². The molecule has 5 heteroatoms. The van der Waals surface area contributed by atoms with E-state index >= 15 is 0 Å². The summed E-state index contributed by atoms with van der Waals surface area (Å²) in [6.07, 6.45) is 40.5. The standard InChI is InChI=1S/C40H79NO4/c1-3-5-7-9-11-13-15-17-18-19-20-22-23-25-27-29-31-33-37(43)35-40(45)41-38(36-42)39(44)34-32-30-28-26-24-21-16-14-12-10-8-6-4-2/h32,34,37-39,42-44H,3-31,33,35-36H2,1-2H3,(H,41,45)/b34-32+/t37-,38+,39-/m1/s1. The first-order chi connectivity index (χ1) is 22.0. The van der Waals surface area contributed by atoms with E-state index in [0.29, 0.717) is 6.42 Å². The topological polar surface area (TPSA) is 89.8 Å². The number of aliphatic hydroxyl groups excluding tert-OH is 3. The van der Waals surface area contributed by atoms with Gasteiger partial charge in [0.25, 0.3) is 0 Å². The summed E-state index contributed by atoms with van der Waals surface area (Å²) in [6, 6.07) is -0.737. The van der Waals surface area contributed by atoms with E-state index in [1.54, 1.807) is 6.08 Å². The van der Waals surface area contributed by atoms with Crippen LogP contribution >= 0.6 is 0 Å². The van der Waals surface area contributed by atoms with E-state index in [4.69, 9.17) is 0 Å². The highest BCUT2D eigenvalue weighted by Gasteiger charge is 2.20. The normalized spacial score (nSPS) is 13.8. The third-order valence-corrected chi connectivity index (χ3v) is 9.32. The van der Waals surface area contributed by atoms with Crippen molar-refractivity contribution in [3.8, 4) is 0 Å². The Morgan fingerprint density at radius 2 is 0.911 bits per heavy atom. The largest absolute Gasteiger partial charge is 0.394 e. The molecule has 1 amide bonds. The van der Waals surface area contributed by atoms with Crippen LogP contribution in [-0.4, -0.2) is 46.1 Å². The first-order valence-electron chi connectivity index (χ1n) is 20.0. The average molecular weight is 638 g/mol. The van der Waals surface area contributed by atoms with Gasteiger partial charge in [0, 0.05) is 0 Å². The molecule has 0 saturated heterocycles. The lowest BCUT2D eigenvalue weighted by Gasteiger charge is -2.21. The van der Waals surface area contributed by atoms with Crippen LogP contribution in [0.2, 0.25) is 0 Å². The summed E-state index contributed by atoms with van der Waals surface area (Å²) in [5.74, 6) is -0.314.